The van der Waals surface area contributed by atoms with E-state index in [0.717, 1.165) is 12.0 Å². The molecule has 0 bridgehead atoms. The fourth-order valence-electron chi connectivity index (χ4n) is 2.09. The van der Waals surface area contributed by atoms with Crippen molar-refractivity contribution >= 4 is 0 Å². The van der Waals surface area contributed by atoms with Gasteiger partial charge in [-0.15, -0.1) is 0 Å². The van der Waals surface area contributed by atoms with Crippen molar-refractivity contribution in [2.24, 2.45) is 5.73 Å². The molecule has 1 aliphatic rings. The summed E-state index contributed by atoms with van der Waals surface area (Å²) < 4.78 is 16.0. The second-order valence-electron chi connectivity index (χ2n) is 4.52. The Morgan fingerprint density at radius 1 is 1.44 bits per heavy atom. The third-order valence-electron chi connectivity index (χ3n) is 3.23. The van der Waals surface area contributed by atoms with Crippen molar-refractivity contribution in [2.45, 2.75) is 25.3 Å². The van der Waals surface area contributed by atoms with Gasteiger partial charge in [-0.1, -0.05) is 5.16 Å². The Morgan fingerprint density at radius 2 is 2.33 bits per heavy atom. The molecule has 0 aliphatic carbocycles. The van der Waals surface area contributed by atoms with Crippen LogP contribution in [0.3, 0.4) is 0 Å². The molecule has 2 N–H and O–H groups in total. The van der Waals surface area contributed by atoms with E-state index in [4.69, 9.17) is 19.4 Å². The minimum Gasteiger partial charge on any atom is -0.461 e. The lowest BCUT2D eigenvalue weighted by Gasteiger charge is -2.25. The number of aromatic nitrogens is 2. The summed E-state index contributed by atoms with van der Waals surface area (Å²) in [7, 11) is 0. The van der Waals surface area contributed by atoms with Gasteiger partial charge < -0.3 is 19.4 Å². The maximum Gasteiger partial charge on any atom is 0.238 e. The van der Waals surface area contributed by atoms with Gasteiger partial charge in [0.25, 0.3) is 0 Å². The van der Waals surface area contributed by atoms with E-state index < -0.39 is 0 Å². The van der Waals surface area contributed by atoms with Crippen LogP contribution in [-0.4, -0.2) is 29.4 Å². The van der Waals surface area contributed by atoms with Gasteiger partial charge in [0.05, 0.1) is 18.8 Å². The molecule has 2 aromatic heterocycles. The summed E-state index contributed by atoms with van der Waals surface area (Å²) in [5, 5.41) is 3.94. The van der Waals surface area contributed by atoms with Gasteiger partial charge in [0.15, 0.2) is 5.76 Å². The number of rotatable bonds is 2. The van der Waals surface area contributed by atoms with E-state index in [-0.39, 0.29) is 12.0 Å². The molecular weight excluding hydrogens is 234 g/mol. The Kier molecular flexibility index (Phi) is 2.89. The summed E-state index contributed by atoms with van der Waals surface area (Å²) in [6.45, 7) is 3.15. The summed E-state index contributed by atoms with van der Waals surface area (Å²) in [5.41, 5.74) is 7.02. The first kappa shape index (κ1) is 11.4. The second-order valence-corrected chi connectivity index (χ2v) is 4.52. The zero-order valence-corrected chi connectivity index (χ0v) is 10.1. The smallest absolute Gasteiger partial charge is 0.238 e. The van der Waals surface area contributed by atoms with Crippen LogP contribution in [-0.2, 0) is 4.74 Å². The molecule has 18 heavy (non-hydrogen) atoms. The standard InChI is InChI=1S/C12H15N3O3/c1-7-2-5-17-10(7)11-14-12(18-15-11)8-6-16-4-3-9(8)13/h2,5,8-9H,3-4,6,13H2,1H3. The van der Waals surface area contributed by atoms with E-state index in [1.807, 2.05) is 13.0 Å². The summed E-state index contributed by atoms with van der Waals surface area (Å²) >= 11 is 0. The fraction of sp³-hybridized carbons (Fsp3) is 0.500. The maximum atomic E-state index is 6.04. The molecule has 0 amide bonds. The average molecular weight is 249 g/mol. The third kappa shape index (κ3) is 1.93. The Labute approximate surface area is 104 Å². The second kappa shape index (κ2) is 4.55. The number of furan rings is 1. The highest BCUT2D eigenvalue weighted by atomic mass is 16.5. The number of nitrogens with two attached hydrogens (primary N) is 1. The van der Waals surface area contributed by atoms with Crippen molar-refractivity contribution < 1.29 is 13.7 Å². The molecule has 0 aromatic carbocycles. The van der Waals surface area contributed by atoms with Crippen molar-refractivity contribution in [1.82, 2.24) is 10.1 Å². The van der Waals surface area contributed by atoms with E-state index >= 15 is 0 Å². The Bertz CT molecular complexity index is 534. The minimum absolute atomic E-state index is 0.00440. The Hall–Kier alpha value is -1.66. The largest absolute Gasteiger partial charge is 0.461 e. The first-order valence-corrected chi connectivity index (χ1v) is 5.97. The average Bonchev–Trinajstić information content (AvgIpc) is 2.98. The lowest BCUT2D eigenvalue weighted by molar-refractivity contribution is 0.0590. The molecule has 1 fully saturated rings. The SMILES string of the molecule is Cc1ccoc1-c1noc(C2COCCC2N)n1. The molecule has 1 aliphatic heterocycles. The molecule has 2 unspecified atom stereocenters. The number of ether oxygens (including phenoxy) is 1. The highest BCUT2D eigenvalue weighted by molar-refractivity contribution is 5.51. The molecule has 0 spiro atoms. The zero-order chi connectivity index (χ0) is 12.5. The summed E-state index contributed by atoms with van der Waals surface area (Å²) in [4.78, 5) is 4.36. The van der Waals surface area contributed by atoms with Crippen LogP contribution < -0.4 is 5.73 Å². The first-order valence-electron chi connectivity index (χ1n) is 5.97. The molecule has 1 saturated heterocycles. The lowest BCUT2D eigenvalue weighted by Crippen LogP contribution is -2.37. The fourth-order valence-corrected chi connectivity index (χ4v) is 2.09. The van der Waals surface area contributed by atoms with Gasteiger partial charge in [-0.2, -0.15) is 4.98 Å². The van der Waals surface area contributed by atoms with Crippen LogP contribution in [0.4, 0.5) is 0 Å². The van der Waals surface area contributed by atoms with E-state index in [9.17, 15) is 0 Å². The van der Waals surface area contributed by atoms with Gasteiger partial charge in [-0.25, -0.2) is 0 Å². The van der Waals surface area contributed by atoms with Crippen molar-refractivity contribution in [3.63, 3.8) is 0 Å². The third-order valence-corrected chi connectivity index (χ3v) is 3.23. The first-order chi connectivity index (χ1) is 8.75. The predicted octanol–water partition coefficient (Wildman–Crippen LogP) is 1.47. The molecule has 3 rings (SSSR count). The van der Waals surface area contributed by atoms with Gasteiger partial charge in [-0.05, 0) is 25.0 Å². The summed E-state index contributed by atoms with van der Waals surface area (Å²) in [6, 6.07) is 1.87. The van der Waals surface area contributed by atoms with Gasteiger partial charge >= 0.3 is 0 Å². The molecule has 2 aromatic rings. The highest BCUT2D eigenvalue weighted by Gasteiger charge is 2.29. The molecule has 0 saturated carbocycles. The number of nitrogens with zero attached hydrogens (tertiary/aromatic N) is 2. The zero-order valence-electron chi connectivity index (χ0n) is 10.1. The number of hydrogen-bond acceptors (Lipinski definition) is 6. The quantitative estimate of drug-likeness (QED) is 0.867. The van der Waals surface area contributed by atoms with Gasteiger partial charge in [0.2, 0.25) is 11.7 Å². The molecule has 96 valence electrons. The monoisotopic (exact) mass is 249 g/mol. The van der Waals surface area contributed by atoms with E-state index in [2.05, 4.69) is 10.1 Å². The molecule has 6 heteroatoms. The minimum atomic E-state index is -0.0322. The molecule has 2 atom stereocenters. The summed E-state index contributed by atoms with van der Waals surface area (Å²) in [5.74, 6) is 1.59. The Morgan fingerprint density at radius 3 is 3.06 bits per heavy atom. The van der Waals surface area contributed by atoms with Crippen molar-refractivity contribution in [3.05, 3.63) is 23.8 Å². The van der Waals surface area contributed by atoms with Crippen molar-refractivity contribution in [1.29, 1.82) is 0 Å². The van der Waals surface area contributed by atoms with Crippen molar-refractivity contribution in [3.8, 4) is 11.6 Å². The number of hydrogen-bond donors (Lipinski definition) is 1. The number of aryl methyl sites for hydroxylation is 1. The molecular formula is C12H15N3O3. The van der Waals surface area contributed by atoms with Crippen LogP contribution in [0.1, 0.15) is 23.8 Å². The van der Waals surface area contributed by atoms with Crippen molar-refractivity contribution in [2.75, 3.05) is 13.2 Å². The summed E-state index contributed by atoms with van der Waals surface area (Å²) in [6.07, 6.45) is 2.41. The van der Waals surface area contributed by atoms with E-state index in [1.54, 1.807) is 6.26 Å². The van der Waals surface area contributed by atoms with E-state index in [1.165, 1.54) is 0 Å². The maximum absolute atomic E-state index is 6.04. The van der Waals surface area contributed by atoms with Gasteiger partial charge in [0, 0.05) is 12.6 Å². The van der Waals surface area contributed by atoms with Crippen LogP contribution in [0.5, 0.6) is 0 Å². The lowest BCUT2D eigenvalue weighted by atomic mass is 9.97. The van der Waals surface area contributed by atoms with Crippen LogP contribution >= 0.6 is 0 Å². The van der Waals surface area contributed by atoms with Gasteiger partial charge in [0.1, 0.15) is 0 Å². The van der Waals surface area contributed by atoms with E-state index in [0.29, 0.717) is 30.7 Å². The van der Waals surface area contributed by atoms with Crippen LogP contribution in [0.2, 0.25) is 0 Å². The Balaban J connectivity index is 1.87. The molecule has 6 nitrogen and oxygen atoms in total. The van der Waals surface area contributed by atoms with Gasteiger partial charge in [-0.3, -0.25) is 0 Å². The normalized spacial score (nSPS) is 24.3. The topological polar surface area (TPSA) is 87.3 Å². The van der Waals surface area contributed by atoms with Crippen LogP contribution in [0, 0.1) is 6.92 Å². The van der Waals surface area contributed by atoms with Crippen LogP contribution in [0.25, 0.3) is 11.6 Å². The van der Waals surface area contributed by atoms with Crippen LogP contribution in [0.15, 0.2) is 21.3 Å². The molecule has 3 heterocycles. The highest BCUT2D eigenvalue weighted by Crippen LogP contribution is 2.27. The molecule has 0 radical (unpaired) electrons. The predicted molar refractivity (Wildman–Crippen MR) is 62.9 cm³/mol.